The lowest BCUT2D eigenvalue weighted by atomic mass is 10.1. The van der Waals surface area contributed by atoms with Gasteiger partial charge in [-0.2, -0.15) is 13.2 Å². The van der Waals surface area contributed by atoms with E-state index < -0.39 is 29.6 Å². The minimum atomic E-state index is -5.12. The fraction of sp³-hybridized carbons (Fsp3) is 0.353. The summed E-state index contributed by atoms with van der Waals surface area (Å²) in [6.45, 7) is 0.443. The van der Waals surface area contributed by atoms with Crippen LogP contribution in [0.2, 0.25) is 0 Å². The molecule has 30 heavy (non-hydrogen) atoms. The number of aliphatic hydroxyl groups is 1. The van der Waals surface area contributed by atoms with Crippen LogP contribution in [0.1, 0.15) is 16.6 Å². The highest BCUT2D eigenvalue weighted by Gasteiger charge is 2.47. The Hall–Kier alpha value is -2.93. The maximum Gasteiger partial charge on any atom is 0.490 e. The van der Waals surface area contributed by atoms with E-state index in [4.69, 9.17) is 0 Å². The molecule has 0 aliphatic carbocycles. The number of anilines is 1. The number of halogens is 3. The van der Waals surface area contributed by atoms with Crippen LogP contribution in [-0.4, -0.2) is 59.8 Å². The molecule has 4 heterocycles. The Balaban J connectivity index is 1.52. The number of aromatic nitrogens is 5. The molecule has 4 rings (SSSR count). The van der Waals surface area contributed by atoms with Crippen LogP contribution in [0, 0.1) is 0 Å². The van der Waals surface area contributed by atoms with Crippen molar-refractivity contribution in [3.8, 4) is 0 Å². The molecule has 2 N–H and O–H groups in total. The van der Waals surface area contributed by atoms with Crippen molar-refractivity contribution in [1.29, 1.82) is 0 Å². The van der Waals surface area contributed by atoms with E-state index in [1.54, 1.807) is 29.1 Å². The minimum absolute atomic E-state index is 0.000234. The Bertz CT molecular complexity index is 1050. The molecule has 0 aromatic carbocycles. The number of alkyl halides is 3. The van der Waals surface area contributed by atoms with Gasteiger partial charge in [-0.1, -0.05) is 6.07 Å². The molecular weight excluding hydrogens is 425 g/mol. The predicted molar refractivity (Wildman–Crippen MR) is 99.5 cm³/mol. The molecule has 0 radical (unpaired) electrons. The first-order valence-electron chi connectivity index (χ1n) is 8.74. The number of aliphatic hydroxyl groups excluding tert-OH is 1. The molecule has 13 heteroatoms. The van der Waals surface area contributed by atoms with Crippen molar-refractivity contribution in [1.82, 2.24) is 24.6 Å². The number of pyridine rings is 1. The van der Waals surface area contributed by atoms with Crippen LogP contribution in [0.25, 0.3) is 5.65 Å². The third-order valence-electron chi connectivity index (χ3n) is 4.41. The van der Waals surface area contributed by atoms with Crippen molar-refractivity contribution in [2.75, 3.05) is 11.1 Å². The maximum absolute atomic E-state index is 12.4. The van der Waals surface area contributed by atoms with Gasteiger partial charge in [0.15, 0.2) is 11.6 Å². The summed E-state index contributed by atoms with van der Waals surface area (Å²) < 4.78 is 43.3. The molecule has 0 saturated carbocycles. The van der Waals surface area contributed by atoms with Crippen LogP contribution < -0.4 is 5.32 Å². The first-order valence-corrected chi connectivity index (χ1v) is 9.79. The van der Waals surface area contributed by atoms with Gasteiger partial charge in [-0.25, -0.2) is 9.78 Å². The van der Waals surface area contributed by atoms with Crippen molar-refractivity contribution in [2.45, 2.75) is 30.2 Å². The first kappa shape index (κ1) is 20.3. The molecule has 1 aliphatic heterocycles. The number of hydrogen-bond donors (Lipinski definition) is 2. The van der Waals surface area contributed by atoms with Crippen LogP contribution in [0.5, 0.6) is 0 Å². The van der Waals surface area contributed by atoms with E-state index in [1.807, 2.05) is 6.07 Å². The lowest BCUT2D eigenvalue weighted by Crippen LogP contribution is -2.36. The summed E-state index contributed by atoms with van der Waals surface area (Å²) >= 11 is 1.13. The summed E-state index contributed by atoms with van der Waals surface area (Å²) in [5.74, 6) is -1.57. The molecular formula is C17H15F3N6O3S. The predicted octanol–water partition coefficient (Wildman–Crippen LogP) is 1.75. The Morgan fingerprint density at radius 3 is 2.93 bits per heavy atom. The molecule has 158 valence electrons. The standard InChI is InChI=1S/C17H15F3N6O3S/c18-17(19,20)16(28)29-10-8-30-12(11(10)27)14-24-25-15-13(22-4-5-26(14)15)23-7-9-2-1-3-21-6-9/h1-6,10-12,27H,7-8H2,(H,22,23)/t10-,11-,12-/m1/s1. The van der Waals surface area contributed by atoms with E-state index in [-0.39, 0.29) is 5.75 Å². The van der Waals surface area contributed by atoms with Crippen molar-refractivity contribution < 1.29 is 27.8 Å². The SMILES string of the molecule is O=C(O[C@@H]1CS[C@@H](c2nnc3c(NCc4cccnc4)nccn23)[C@@H]1O)C(F)(F)F. The number of esters is 1. The van der Waals surface area contributed by atoms with Crippen molar-refractivity contribution in [2.24, 2.45) is 0 Å². The molecule has 1 fully saturated rings. The zero-order valence-corrected chi connectivity index (χ0v) is 16.0. The van der Waals surface area contributed by atoms with Gasteiger partial charge in [0.1, 0.15) is 12.2 Å². The van der Waals surface area contributed by atoms with E-state index in [0.29, 0.717) is 23.8 Å². The van der Waals surface area contributed by atoms with Crippen molar-refractivity contribution in [3.63, 3.8) is 0 Å². The number of rotatable bonds is 5. The first-order chi connectivity index (χ1) is 14.3. The number of nitrogens with one attached hydrogen (secondary N) is 1. The fourth-order valence-corrected chi connectivity index (χ4v) is 4.32. The number of thioether (sulfide) groups is 1. The van der Waals surface area contributed by atoms with Crippen LogP contribution >= 0.6 is 11.8 Å². The summed E-state index contributed by atoms with van der Waals surface area (Å²) in [6, 6.07) is 3.70. The van der Waals surface area contributed by atoms with Gasteiger partial charge in [0.2, 0.25) is 5.65 Å². The second-order valence-corrected chi connectivity index (χ2v) is 7.60. The van der Waals surface area contributed by atoms with Crippen molar-refractivity contribution >= 4 is 29.2 Å². The number of fused-ring (bicyclic) bond motifs is 1. The van der Waals surface area contributed by atoms with E-state index in [2.05, 4.69) is 30.2 Å². The molecule has 9 nitrogen and oxygen atoms in total. The summed E-state index contributed by atoms with van der Waals surface area (Å²) in [7, 11) is 0. The number of ether oxygens (including phenoxy) is 1. The second-order valence-electron chi connectivity index (χ2n) is 6.43. The lowest BCUT2D eigenvalue weighted by molar-refractivity contribution is -0.207. The smallest absolute Gasteiger partial charge is 0.452 e. The minimum Gasteiger partial charge on any atom is -0.452 e. The van der Waals surface area contributed by atoms with Crippen LogP contribution in [0.3, 0.4) is 0 Å². The highest BCUT2D eigenvalue weighted by Crippen LogP contribution is 2.41. The summed E-state index contributed by atoms with van der Waals surface area (Å²) in [5.41, 5.74) is 1.32. The molecule has 0 amide bonds. The highest BCUT2D eigenvalue weighted by molar-refractivity contribution is 7.99. The highest BCUT2D eigenvalue weighted by atomic mass is 32.2. The summed E-state index contributed by atoms with van der Waals surface area (Å²) in [4.78, 5) is 19.4. The largest absolute Gasteiger partial charge is 0.490 e. The van der Waals surface area contributed by atoms with E-state index in [1.165, 1.54) is 6.20 Å². The molecule has 3 aromatic rings. The van der Waals surface area contributed by atoms with Gasteiger partial charge in [0.25, 0.3) is 0 Å². The average Bonchev–Trinajstić information content (AvgIpc) is 3.30. The van der Waals surface area contributed by atoms with E-state index in [9.17, 15) is 23.1 Å². The Labute approximate surface area is 171 Å². The number of hydrogen-bond acceptors (Lipinski definition) is 9. The van der Waals surface area contributed by atoms with Crippen LogP contribution in [0.4, 0.5) is 19.0 Å². The van der Waals surface area contributed by atoms with Gasteiger partial charge in [0, 0.05) is 37.1 Å². The van der Waals surface area contributed by atoms with Gasteiger partial charge in [-0.3, -0.25) is 9.38 Å². The topological polar surface area (TPSA) is 115 Å². The maximum atomic E-state index is 12.4. The van der Waals surface area contributed by atoms with Gasteiger partial charge in [-0.15, -0.1) is 22.0 Å². The van der Waals surface area contributed by atoms with Crippen LogP contribution in [-0.2, 0) is 16.1 Å². The Kier molecular flexibility index (Phi) is 5.47. The number of carbonyl (C=O) groups excluding carboxylic acids is 1. The monoisotopic (exact) mass is 440 g/mol. The van der Waals surface area contributed by atoms with Gasteiger partial charge < -0.3 is 15.2 Å². The average molecular weight is 440 g/mol. The lowest BCUT2D eigenvalue weighted by Gasteiger charge is -2.18. The molecule has 1 aliphatic rings. The van der Waals surface area contributed by atoms with Crippen LogP contribution in [0.15, 0.2) is 36.9 Å². The van der Waals surface area contributed by atoms with E-state index >= 15 is 0 Å². The van der Waals surface area contributed by atoms with Crippen molar-refractivity contribution in [3.05, 3.63) is 48.3 Å². The number of carbonyl (C=O) groups is 1. The Morgan fingerprint density at radius 1 is 1.37 bits per heavy atom. The third kappa shape index (κ3) is 4.03. The Morgan fingerprint density at radius 2 is 2.20 bits per heavy atom. The zero-order chi connectivity index (χ0) is 21.3. The molecule has 0 spiro atoms. The molecule has 3 atom stereocenters. The van der Waals surface area contributed by atoms with Gasteiger partial charge in [0.05, 0.1) is 5.25 Å². The molecule has 0 unspecified atom stereocenters. The fourth-order valence-electron chi connectivity index (χ4n) is 2.98. The molecule has 1 saturated heterocycles. The zero-order valence-electron chi connectivity index (χ0n) is 15.2. The quantitative estimate of drug-likeness (QED) is 0.573. The third-order valence-corrected chi connectivity index (χ3v) is 5.78. The van der Waals surface area contributed by atoms with E-state index in [0.717, 1.165) is 17.3 Å². The van der Waals surface area contributed by atoms with Gasteiger partial charge in [-0.05, 0) is 11.6 Å². The normalized spacial score (nSPS) is 21.7. The second kappa shape index (κ2) is 8.07. The summed E-state index contributed by atoms with van der Waals surface area (Å²) in [5, 5.41) is 21.0. The molecule has 3 aromatic heterocycles. The number of nitrogens with zero attached hydrogens (tertiary/aromatic N) is 5. The summed E-state index contributed by atoms with van der Waals surface area (Å²) in [6.07, 6.45) is -1.32. The molecule has 0 bridgehead atoms. The van der Waals surface area contributed by atoms with Gasteiger partial charge >= 0.3 is 12.1 Å².